The molecule has 3 nitrogen and oxygen atoms in total. The monoisotopic (exact) mass is 201 g/mol. The highest BCUT2D eigenvalue weighted by Crippen LogP contribution is 2.18. The van der Waals surface area contributed by atoms with E-state index in [9.17, 15) is 4.79 Å². The molecule has 0 aliphatic carbocycles. The van der Waals surface area contributed by atoms with Gasteiger partial charge in [0.1, 0.15) is 6.10 Å². The van der Waals surface area contributed by atoms with Crippen molar-refractivity contribution in [2.24, 2.45) is 0 Å². The zero-order chi connectivity index (χ0) is 9.10. The molecule has 2 rings (SSSR count). The van der Waals surface area contributed by atoms with E-state index in [1.54, 1.807) is 0 Å². The van der Waals surface area contributed by atoms with Gasteiger partial charge in [-0.15, -0.1) is 0 Å². The van der Waals surface area contributed by atoms with Crippen LogP contribution in [0.25, 0.3) is 0 Å². The van der Waals surface area contributed by atoms with Crippen molar-refractivity contribution in [1.82, 2.24) is 5.32 Å². The van der Waals surface area contributed by atoms with E-state index in [4.69, 9.17) is 4.74 Å². The molecule has 2 saturated heterocycles. The fourth-order valence-corrected chi connectivity index (χ4v) is 2.69. The van der Waals surface area contributed by atoms with Crippen LogP contribution in [0.3, 0.4) is 0 Å². The number of ether oxygens (including phenoxy) is 1. The molecule has 2 fully saturated rings. The second kappa shape index (κ2) is 4.33. The summed E-state index contributed by atoms with van der Waals surface area (Å²) in [5.74, 6) is 2.45. The number of amides is 1. The zero-order valence-electron chi connectivity index (χ0n) is 7.62. The zero-order valence-corrected chi connectivity index (χ0v) is 8.44. The third kappa shape index (κ3) is 2.38. The van der Waals surface area contributed by atoms with E-state index in [1.165, 1.54) is 11.5 Å². The SMILES string of the molecule is O=C(NC1CCSCC1)C1CCO1. The average Bonchev–Trinajstić information content (AvgIpc) is 2.02. The van der Waals surface area contributed by atoms with E-state index in [-0.39, 0.29) is 12.0 Å². The van der Waals surface area contributed by atoms with Crippen molar-refractivity contribution in [2.75, 3.05) is 18.1 Å². The Morgan fingerprint density at radius 2 is 2.00 bits per heavy atom. The van der Waals surface area contributed by atoms with E-state index < -0.39 is 0 Å². The van der Waals surface area contributed by atoms with Gasteiger partial charge in [-0.2, -0.15) is 11.8 Å². The predicted molar refractivity (Wildman–Crippen MR) is 52.8 cm³/mol. The van der Waals surface area contributed by atoms with Gasteiger partial charge in [-0.25, -0.2) is 0 Å². The topological polar surface area (TPSA) is 38.3 Å². The molecule has 2 heterocycles. The van der Waals surface area contributed by atoms with Crippen LogP contribution in [0.2, 0.25) is 0 Å². The summed E-state index contributed by atoms with van der Waals surface area (Å²) in [6.07, 6.45) is 2.98. The predicted octanol–water partition coefficient (Wildman–Crippen LogP) is 0.787. The van der Waals surface area contributed by atoms with Crippen LogP contribution in [0.4, 0.5) is 0 Å². The lowest BCUT2D eigenvalue weighted by Crippen LogP contribution is -2.47. The van der Waals surface area contributed by atoms with Crippen LogP contribution >= 0.6 is 11.8 Å². The fraction of sp³-hybridized carbons (Fsp3) is 0.889. The Morgan fingerprint density at radius 3 is 2.54 bits per heavy atom. The first kappa shape index (κ1) is 9.34. The second-order valence-electron chi connectivity index (χ2n) is 3.54. The maximum atomic E-state index is 11.5. The molecule has 0 aromatic heterocycles. The molecule has 0 aromatic carbocycles. The third-order valence-electron chi connectivity index (χ3n) is 2.56. The lowest BCUT2D eigenvalue weighted by molar-refractivity contribution is -0.145. The van der Waals surface area contributed by atoms with Crippen molar-refractivity contribution in [2.45, 2.75) is 31.4 Å². The van der Waals surface area contributed by atoms with Gasteiger partial charge in [0.05, 0.1) is 6.61 Å². The molecule has 2 aliphatic heterocycles. The van der Waals surface area contributed by atoms with Crippen molar-refractivity contribution < 1.29 is 9.53 Å². The van der Waals surface area contributed by atoms with Crippen molar-refractivity contribution in [3.63, 3.8) is 0 Å². The van der Waals surface area contributed by atoms with Crippen LogP contribution in [0, 0.1) is 0 Å². The number of carbonyl (C=O) groups excluding carboxylic acids is 1. The van der Waals surface area contributed by atoms with Gasteiger partial charge in [-0.05, 0) is 24.3 Å². The first-order valence-corrected chi connectivity index (χ1v) is 6.01. The molecule has 1 unspecified atom stereocenters. The average molecular weight is 201 g/mol. The van der Waals surface area contributed by atoms with E-state index in [1.807, 2.05) is 11.8 Å². The van der Waals surface area contributed by atoms with Crippen LogP contribution in [0.5, 0.6) is 0 Å². The van der Waals surface area contributed by atoms with Crippen molar-refractivity contribution in [1.29, 1.82) is 0 Å². The molecular weight excluding hydrogens is 186 g/mol. The number of carbonyl (C=O) groups is 1. The van der Waals surface area contributed by atoms with E-state index in [0.717, 1.165) is 25.9 Å². The smallest absolute Gasteiger partial charge is 0.249 e. The fourth-order valence-electron chi connectivity index (χ4n) is 1.58. The van der Waals surface area contributed by atoms with Gasteiger partial charge in [0, 0.05) is 12.5 Å². The molecule has 1 N–H and O–H groups in total. The highest BCUT2D eigenvalue weighted by atomic mass is 32.2. The highest BCUT2D eigenvalue weighted by molar-refractivity contribution is 7.99. The third-order valence-corrected chi connectivity index (χ3v) is 3.61. The van der Waals surface area contributed by atoms with Gasteiger partial charge in [0.25, 0.3) is 0 Å². The van der Waals surface area contributed by atoms with Crippen LogP contribution in [-0.4, -0.2) is 36.2 Å². The minimum Gasteiger partial charge on any atom is -0.368 e. The molecule has 0 aromatic rings. The van der Waals surface area contributed by atoms with Gasteiger partial charge in [0.2, 0.25) is 5.91 Å². The Balaban J connectivity index is 1.72. The second-order valence-corrected chi connectivity index (χ2v) is 4.77. The van der Waals surface area contributed by atoms with Crippen molar-refractivity contribution >= 4 is 17.7 Å². The Morgan fingerprint density at radius 1 is 1.31 bits per heavy atom. The normalized spacial score (nSPS) is 29.4. The van der Waals surface area contributed by atoms with E-state index >= 15 is 0 Å². The molecule has 2 aliphatic rings. The van der Waals surface area contributed by atoms with Crippen LogP contribution in [0.1, 0.15) is 19.3 Å². The molecule has 0 radical (unpaired) electrons. The molecule has 1 atom stereocenters. The number of hydrogen-bond donors (Lipinski definition) is 1. The molecule has 0 bridgehead atoms. The first-order chi connectivity index (χ1) is 6.36. The number of thioether (sulfide) groups is 1. The standard InChI is InChI=1S/C9H15NO2S/c11-9(8-1-4-12-8)10-7-2-5-13-6-3-7/h7-8H,1-6H2,(H,10,11). The van der Waals surface area contributed by atoms with Crippen molar-refractivity contribution in [3.8, 4) is 0 Å². The quantitative estimate of drug-likeness (QED) is 0.717. The summed E-state index contributed by atoms with van der Waals surface area (Å²) in [6.45, 7) is 0.749. The maximum Gasteiger partial charge on any atom is 0.249 e. The lowest BCUT2D eigenvalue weighted by atomic mass is 10.1. The summed E-state index contributed by atoms with van der Waals surface area (Å²) in [5.41, 5.74) is 0. The highest BCUT2D eigenvalue weighted by Gasteiger charge is 2.28. The van der Waals surface area contributed by atoms with Crippen LogP contribution < -0.4 is 5.32 Å². The molecular formula is C9H15NO2S. The summed E-state index contributed by atoms with van der Waals surface area (Å²) in [5, 5.41) is 3.04. The Hall–Kier alpha value is -0.220. The molecule has 74 valence electrons. The Kier molecular flexibility index (Phi) is 3.11. The largest absolute Gasteiger partial charge is 0.368 e. The van der Waals surface area contributed by atoms with Gasteiger partial charge in [-0.1, -0.05) is 0 Å². The van der Waals surface area contributed by atoms with Crippen molar-refractivity contribution in [3.05, 3.63) is 0 Å². The summed E-state index contributed by atoms with van der Waals surface area (Å²) in [7, 11) is 0. The van der Waals surface area contributed by atoms with Crippen LogP contribution in [0.15, 0.2) is 0 Å². The minimum atomic E-state index is -0.144. The Bertz CT molecular complexity index is 188. The lowest BCUT2D eigenvalue weighted by Gasteiger charge is -2.29. The molecule has 13 heavy (non-hydrogen) atoms. The van der Waals surface area contributed by atoms with Gasteiger partial charge in [-0.3, -0.25) is 4.79 Å². The molecule has 1 amide bonds. The summed E-state index contributed by atoms with van der Waals surface area (Å²) >= 11 is 1.97. The summed E-state index contributed by atoms with van der Waals surface area (Å²) < 4.78 is 5.12. The van der Waals surface area contributed by atoms with E-state index in [2.05, 4.69) is 5.32 Å². The maximum absolute atomic E-state index is 11.5. The molecule has 4 heteroatoms. The number of nitrogens with one attached hydrogen (secondary N) is 1. The molecule has 0 spiro atoms. The van der Waals surface area contributed by atoms with Gasteiger partial charge in [0.15, 0.2) is 0 Å². The molecule has 0 saturated carbocycles. The van der Waals surface area contributed by atoms with Gasteiger partial charge >= 0.3 is 0 Å². The number of rotatable bonds is 2. The summed E-state index contributed by atoms with van der Waals surface area (Å²) in [6, 6.07) is 0.401. The van der Waals surface area contributed by atoms with E-state index in [0.29, 0.717) is 6.04 Å². The van der Waals surface area contributed by atoms with Gasteiger partial charge < -0.3 is 10.1 Å². The minimum absolute atomic E-state index is 0.100. The number of hydrogen-bond acceptors (Lipinski definition) is 3. The Labute approximate surface area is 82.6 Å². The van der Waals surface area contributed by atoms with Crippen LogP contribution in [-0.2, 0) is 9.53 Å². The summed E-state index contributed by atoms with van der Waals surface area (Å²) in [4.78, 5) is 11.5. The first-order valence-electron chi connectivity index (χ1n) is 4.86.